The molecule has 0 radical (unpaired) electrons. The Morgan fingerprint density at radius 1 is 1.06 bits per heavy atom. The van der Waals surface area contributed by atoms with Gasteiger partial charge >= 0.3 is 75.4 Å². The van der Waals surface area contributed by atoms with E-state index in [1.165, 1.54) is 14.0 Å². The Kier molecular flexibility index (Phi) is 14.0. The second kappa shape index (κ2) is 12.4. The summed E-state index contributed by atoms with van der Waals surface area (Å²) in [4.78, 5) is 20.3. The van der Waals surface area contributed by atoms with Gasteiger partial charge < -0.3 is 4.74 Å². The predicted octanol–water partition coefficient (Wildman–Crippen LogP) is 1.24. The van der Waals surface area contributed by atoms with Crippen molar-refractivity contribution in [1.29, 1.82) is 0 Å². The molecule has 0 aromatic rings. The number of carbonyl (C=O) groups is 2. The minimum absolute atomic E-state index is 0.115. The standard InChI is InChI=1S/C5H8O3.2C3H7O.In.H/c1-4(6)3-5(7)8-2;2*1-3(2)4;;/h3H2,1-2H3;2*3H,1-2H3;;/q;2*-1;+2;. The number of hydrogen-bond donors (Lipinski definition) is 0. The van der Waals surface area contributed by atoms with Crippen LogP contribution >= 0.6 is 0 Å². The van der Waals surface area contributed by atoms with Crippen LogP contribution in [0.4, 0.5) is 0 Å². The van der Waals surface area contributed by atoms with Crippen LogP contribution in [0.3, 0.4) is 0 Å². The molecule has 0 aliphatic rings. The van der Waals surface area contributed by atoms with E-state index >= 15 is 0 Å². The zero-order valence-corrected chi connectivity index (χ0v) is 15.6. The van der Waals surface area contributed by atoms with E-state index in [1.54, 1.807) is 0 Å². The molecule has 0 atom stereocenters. The van der Waals surface area contributed by atoms with E-state index in [2.05, 4.69) is 4.74 Å². The van der Waals surface area contributed by atoms with Gasteiger partial charge in [-0.1, -0.05) is 0 Å². The molecule has 5 nitrogen and oxygen atoms in total. The molecule has 0 aromatic heterocycles. The Labute approximate surface area is 116 Å². The molecule has 0 unspecified atom stereocenters. The average Bonchev–Trinajstić information content (AvgIpc) is 2.16. The van der Waals surface area contributed by atoms with E-state index in [0.717, 1.165) is 0 Å². The molecule has 0 amide bonds. The quantitative estimate of drug-likeness (QED) is 0.533. The zero-order valence-electron chi connectivity index (χ0n) is 11.6. The van der Waals surface area contributed by atoms with Crippen LogP contribution in [0.1, 0.15) is 41.0 Å². The fraction of sp³-hybridized carbons (Fsp3) is 0.818. The van der Waals surface area contributed by atoms with Crippen LogP contribution in [0.2, 0.25) is 0 Å². The first-order chi connectivity index (χ1) is 7.79. The van der Waals surface area contributed by atoms with Crippen molar-refractivity contribution in [3.63, 3.8) is 0 Å². The summed E-state index contributed by atoms with van der Waals surface area (Å²) in [6, 6.07) is 0. The molecule has 0 N–H and O–H groups in total. The summed E-state index contributed by atoms with van der Waals surface area (Å²) in [5.74, 6) is -0.644. The van der Waals surface area contributed by atoms with Crippen molar-refractivity contribution in [1.82, 2.24) is 0 Å². The first-order valence-corrected chi connectivity index (χ1v) is 8.88. The van der Waals surface area contributed by atoms with Crippen LogP contribution in [0.5, 0.6) is 0 Å². The van der Waals surface area contributed by atoms with Gasteiger partial charge in [-0.15, -0.1) is 0 Å². The number of Topliss-reactive ketones (excluding diaryl/α,β-unsaturated/α-hetero) is 1. The minimum atomic E-state index is -1.24. The molecule has 0 aromatic carbocycles. The van der Waals surface area contributed by atoms with E-state index in [-0.39, 0.29) is 12.2 Å². The fourth-order valence-corrected chi connectivity index (χ4v) is 2.36. The van der Waals surface area contributed by atoms with Gasteiger partial charge in [0.25, 0.3) is 0 Å². The molecule has 17 heavy (non-hydrogen) atoms. The molecular weight excluding hydrogens is 327 g/mol. The number of ether oxygens (including phenoxy) is 1. The second-order valence-electron chi connectivity index (χ2n) is 4.00. The Morgan fingerprint density at radius 3 is 1.65 bits per heavy atom. The number of hydrogen-bond acceptors (Lipinski definition) is 5. The zero-order chi connectivity index (χ0) is 13.8. The topological polar surface area (TPSA) is 61.8 Å². The first-order valence-electron chi connectivity index (χ1n) is 5.59. The van der Waals surface area contributed by atoms with Gasteiger partial charge in [-0.2, -0.15) is 0 Å². The van der Waals surface area contributed by atoms with Crippen molar-refractivity contribution in [2.75, 3.05) is 7.11 Å². The van der Waals surface area contributed by atoms with Gasteiger partial charge in [0, 0.05) is 0 Å². The van der Waals surface area contributed by atoms with Crippen molar-refractivity contribution in [2.24, 2.45) is 0 Å². The molecule has 0 rings (SSSR count). The third-order valence-electron chi connectivity index (χ3n) is 1.42. The van der Waals surface area contributed by atoms with Crippen LogP contribution in [-0.4, -0.2) is 54.8 Å². The summed E-state index contributed by atoms with van der Waals surface area (Å²) < 4.78 is 14.9. The summed E-state index contributed by atoms with van der Waals surface area (Å²) in [6.45, 7) is 9.51. The predicted molar refractivity (Wildman–Crippen MR) is 66.9 cm³/mol. The maximum absolute atomic E-state index is 10.2. The molecule has 0 aliphatic heterocycles. The SMILES string of the molecule is CC(C)[O][InH][O]C(C)C.COC(=O)CC(C)=O. The van der Waals surface area contributed by atoms with E-state index in [4.69, 9.17) is 5.71 Å². The molecule has 0 saturated carbocycles. The smallest absolute Gasteiger partial charge is 0.313 e. The van der Waals surface area contributed by atoms with Crippen LogP contribution < -0.4 is 0 Å². The summed E-state index contributed by atoms with van der Waals surface area (Å²) in [5.41, 5.74) is 0. The van der Waals surface area contributed by atoms with Crippen molar-refractivity contribution < 1.29 is 20.0 Å². The van der Waals surface area contributed by atoms with Gasteiger partial charge in [0.05, 0.1) is 7.11 Å². The summed E-state index contributed by atoms with van der Waals surface area (Å²) >= 11 is -1.24. The minimum Gasteiger partial charge on any atom is -0.469 e. The third kappa shape index (κ3) is 21.7. The van der Waals surface area contributed by atoms with Gasteiger partial charge in [0.2, 0.25) is 0 Å². The van der Waals surface area contributed by atoms with Crippen molar-refractivity contribution in [3.05, 3.63) is 0 Å². The van der Waals surface area contributed by atoms with Crippen LogP contribution in [0, 0.1) is 0 Å². The van der Waals surface area contributed by atoms with Crippen LogP contribution in [0.15, 0.2) is 0 Å². The van der Waals surface area contributed by atoms with E-state index in [9.17, 15) is 9.59 Å². The molecule has 0 aliphatic carbocycles. The fourth-order valence-electron chi connectivity index (χ4n) is 0.587. The van der Waals surface area contributed by atoms with E-state index in [1.807, 2.05) is 27.7 Å². The average molecular weight is 350 g/mol. The van der Waals surface area contributed by atoms with Gasteiger partial charge in [-0.25, -0.2) is 0 Å². The number of rotatable bonds is 6. The molecule has 0 heterocycles. The Bertz CT molecular complexity index is 208. The first kappa shape index (κ1) is 19.3. The normalized spacial score (nSPS) is 9.65. The third-order valence-corrected chi connectivity index (χ3v) is 6.01. The van der Waals surface area contributed by atoms with Gasteiger partial charge in [0.1, 0.15) is 12.2 Å². The number of esters is 1. The van der Waals surface area contributed by atoms with E-state index in [0.29, 0.717) is 12.2 Å². The van der Waals surface area contributed by atoms with Crippen LogP contribution in [0.25, 0.3) is 0 Å². The van der Waals surface area contributed by atoms with E-state index < -0.39 is 29.7 Å². The molecule has 0 bridgehead atoms. The van der Waals surface area contributed by atoms with Crippen molar-refractivity contribution >= 4 is 35.5 Å². The Balaban J connectivity index is 0. The molecular formula is C11H23InO5. The second-order valence-corrected chi connectivity index (χ2v) is 6.58. The maximum Gasteiger partial charge on any atom is 0.313 e. The molecule has 0 saturated heterocycles. The van der Waals surface area contributed by atoms with Gasteiger partial charge in [0.15, 0.2) is 0 Å². The number of methoxy groups -OCH3 is 1. The Hall–Kier alpha value is -0.0699. The summed E-state index contributed by atoms with van der Waals surface area (Å²) in [6.07, 6.45) is 0.607. The molecule has 0 fully saturated rings. The largest absolute Gasteiger partial charge is 0.469 e. The molecule has 6 heteroatoms. The van der Waals surface area contributed by atoms with Gasteiger partial charge in [-0.05, 0) is 6.92 Å². The maximum atomic E-state index is 10.2. The monoisotopic (exact) mass is 350 g/mol. The van der Waals surface area contributed by atoms with Crippen molar-refractivity contribution in [3.8, 4) is 0 Å². The number of ketones is 1. The molecule has 100 valence electrons. The van der Waals surface area contributed by atoms with Gasteiger partial charge in [-0.3, -0.25) is 9.59 Å². The molecule has 0 spiro atoms. The summed E-state index contributed by atoms with van der Waals surface area (Å²) in [7, 11) is 1.26. The Morgan fingerprint density at radius 2 is 1.47 bits per heavy atom. The number of carbonyl (C=O) groups excluding carboxylic acids is 2. The van der Waals surface area contributed by atoms with Crippen LogP contribution in [-0.2, 0) is 20.0 Å². The summed E-state index contributed by atoms with van der Waals surface area (Å²) in [5, 5.41) is 0. The van der Waals surface area contributed by atoms with Crippen molar-refractivity contribution in [2.45, 2.75) is 53.2 Å².